The van der Waals surface area contributed by atoms with E-state index in [9.17, 15) is 5.11 Å². The van der Waals surface area contributed by atoms with Gasteiger partial charge in [0, 0.05) is 19.6 Å². The number of rotatable bonds is 7. The van der Waals surface area contributed by atoms with Crippen molar-refractivity contribution in [1.29, 1.82) is 0 Å². The van der Waals surface area contributed by atoms with Gasteiger partial charge in [0.05, 0.1) is 6.61 Å². The predicted molar refractivity (Wildman–Crippen MR) is 114 cm³/mol. The van der Waals surface area contributed by atoms with Crippen molar-refractivity contribution in [1.82, 2.24) is 4.90 Å². The van der Waals surface area contributed by atoms with E-state index in [1.807, 2.05) is 61.5 Å². The van der Waals surface area contributed by atoms with Crippen LogP contribution in [-0.2, 0) is 5.60 Å². The predicted octanol–water partition coefficient (Wildman–Crippen LogP) is 4.83. The number of benzene rings is 2. The molecule has 1 saturated carbocycles. The summed E-state index contributed by atoms with van der Waals surface area (Å²) < 4.78 is 5.59. The van der Waals surface area contributed by atoms with E-state index in [2.05, 4.69) is 4.90 Å². The maximum absolute atomic E-state index is 11.9. The number of aliphatic hydroxyl groups is 1. The van der Waals surface area contributed by atoms with Gasteiger partial charge in [-0.05, 0) is 74.1 Å². The molecule has 3 heteroatoms. The third kappa shape index (κ3) is 4.26. The van der Waals surface area contributed by atoms with Gasteiger partial charge in [0.15, 0.2) is 0 Å². The Morgan fingerprint density at radius 3 is 2.04 bits per heavy atom. The van der Waals surface area contributed by atoms with E-state index in [1.165, 1.54) is 38.8 Å². The molecular weight excluding hydrogens is 346 g/mol. The molecule has 3 aliphatic rings. The minimum Gasteiger partial charge on any atom is -0.494 e. The normalized spacial score (nSPS) is 24.5. The fourth-order valence-electron chi connectivity index (χ4n) is 5.07. The largest absolute Gasteiger partial charge is 0.494 e. The third-order valence-electron chi connectivity index (χ3n) is 6.68. The highest BCUT2D eigenvalue weighted by Crippen LogP contribution is 2.37. The quantitative estimate of drug-likeness (QED) is 0.748. The van der Waals surface area contributed by atoms with Gasteiger partial charge in [-0.3, -0.25) is 0 Å². The second-order valence-corrected chi connectivity index (χ2v) is 8.58. The van der Waals surface area contributed by atoms with E-state index in [-0.39, 0.29) is 0 Å². The summed E-state index contributed by atoms with van der Waals surface area (Å²) in [5, 5.41) is 11.9. The summed E-state index contributed by atoms with van der Waals surface area (Å²) in [5.41, 5.74) is 0.939. The lowest BCUT2D eigenvalue weighted by atomic mass is 9.83. The molecule has 1 N–H and O–H groups in total. The average molecular weight is 380 g/mol. The molecule has 2 aromatic carbocycles. The van der Waals surface area contributed by atoms with Crippen LogP contribution in [0.3, 0.4) is 0 Å². The molecule has 1 aliphatic carbocycles. The van der Waals surface area contributed by atoms with Crippen molar-refractivity contribution in [3.63, 3.8) is 0 Å². The highest BCUT2D eigenvalue weighted by molar-refractivity contribution is 5.38. The zero-order chi connectivity index (χ0) is 19.4. The molecule has 2 aromatic rings. The maximum atomic E-state index is 11.9. The summed E-state index contributed by atoms with van der Waals surface area (Å²) in [6.07, 6.45) is 6.28. The molecule has 2 heterocycles. The van der Waals surface area contributed by atoms with Gasteiger partial charge in [0.1, 0.15) is 11.4 Å². The Bertz CT molecular complexity index is 723. The second kappa shape index (κ2) is 8.67. The van der Waals surface area contributed by atoms with E-state index in [4.69, 9.17) is 4.74 Å². The molecule has 0 radical (unpaired) electrons. The number of nitrogens with zero attached hydrogens (tertiary/aromatic N) is 1. The Morgan fingerprint density at radius 1 is 0.893 bits per heavy atom. The summed E-state index contributed by atoms with van der Waals surface area (Å²) in [4.78, 5) is 2.61. The van der Waals surface area contributed by atoms with Crippen molar-refractivity contribution in [2.24, 2.45) is 11.8 Å². The summed E-state index contributed by atoms with van der Waals surface area (Å²) in [7, 11) is 0. The van der Waals surface area contributed by atoms with Crippen LogP contribution in [0.2, 0.25) is 0 Å². The zero-order valence-electron chi connectivity index (χ0n) is 17.0. The molecule has 2 bridgehead atoms. The first-order valence-electron chi connectivity index (χ1n) is 10.9. The SMILES string of the molecule is CCOc1ccc([C@](O)(CCN2CC3CCC(CC3)C2)c2ccccc2)cc1. The second-order valence-electron chi connectivity index (χ2n) is 8.58. The lowest BCUT2D eigenvalue weighted by Crippen LogP contribution is -2.36. The van der Waals surface area contributed by atoms with Crippen molar-refractivity contribution in [3.05, 3.63) is 65.7 Å². The third-order valence-corrected chi connectivity index (χ3v) is 6.68. The molecule has 0 spiro atoms. The van der Waals surface area contributed by atoms with Crippen molar-refractivity contribution in [2.75, 3.05) is 26.2 Å². The molecule has 0 unspecified atom stereocenters. The molecule has 28 heavy (non-hydrogen) atoms. The molecule has 5 rings (SSSR count). The minimum atomic E-state index is -0.975. The van der Waals surface area contributed by atoms with Crippen LogP contribution >= 0.6 is 0 Å². The van der Waals surface area contributed by atoms with Gasteiger partial charge in [-0.15, -0.1) is 0 Å². The van der Waals surface area contributed by atoms with Gasteiger partial charge in [-0.25, -0.2) is 0 Å². The molecule has 2 saturated heterocycles. The lowest BCUT2D eigenvalue weighted by Gasteiger charge is -2.33. The highest BCUT2D eigenvalue weighted by atomic mass is 16.5. The summed E-state index contributed by atoms with van der Waals surface area (Å²) in [6, 6.07) is 18.1. The molecule has 2 aliphatic heterocycles. The zero-order valence-corrected chi connectivity index (χ0v) is 17.0. The van der Waals surface area contributed by atoms with E-state index in [0.29, 0.717) is 13.0 Å². The van der Waals surface area contributed by atoms with E-state index in [0.717, 1.165) is 35.3 Å². The van der Waals surface area contributed by atoms with Crippen molar-refractivity contribution in [3.8, 4) is 5.75 Å². The highest BCUT2D eigenvalue weighted by Gasteiger charge is 2.34. The van der Waals surface area contributed by atoms with Crippen molar-refractivity contribution >= 4 is 0 Å². The molecule has 150 valence electrons. The van der Waals surface area contributed by atoms with Crippen LogP contribution in [0.15, 0.2) is 54.6 Å². The monoisotopic (exact) mass is 379 g/mol. The van der Waals surface area contributed by atoms with Crippen LogP contribution < -0.4 is 4.74 Å². The van der Waals surface area contributed by atoms with Crippen LogP contribution in [0.4, 0.5) is 0 Å². The average Bonchev–Trinajstić information content (AvgIpc) is 3.07. The molecule has 3 fully saturated rings. The number of hydrogen-bond acceptors (Lipinski definition) is 3. The standard InChI is InChI=1S/C25H33NO2/c1-2-28-24-14-12-23(13-15-24)25(27,22-6-4-3-5-7-22)16-17-26-18-20-8-9-21(19-26)11-10-20/h3-7,12-15,20-21,27H,2,8-11,16-19H2,1H3/t20?,21?,25-/m0/s1. The van der Waals surface area contributed by atoms with Crippen LogP contribution in [-0.4, -0.2) is 36.2 Å². The fourth-order valence-corrected chi connectivity index (χ4v) is 5.07. The van der Waals surface area contributed by atoms with Crippen LogP contribution in [0.1, 0.15) is 50.2 Å². The molecule has 0 aromatic heterocycles. The maximum Gasteiger partial charge on any atom is 0.119 e. The Hall–Kier alpha value is -1.84. The van der Waals surface area contributed by atoms with Crippen LogP contribution in [0.5, 0.6) is 5.75 Å². The van der Waals surface area contributed by atoms with Gasteiger partial charge in [-0.1, -0.05) is 42.5 Å². The Balaban J connectivity index is 1.55. The van der Waals surface area contributed by atoms with Crippen molar-refractivity contribution < 1.29 is 9.84 Å². The molecule has 3 nitrogen and oxygen atoms in total. The van der Waals surface area contributed by atoms with E-state index < -0.39 is 5.60 Å². The molecule has 0 amide bonds. The summed E-state index contributed by atoms with van der Waals surface area (Å²) >= 11 is 0. The molecular formula is C25H33NO2. The number of ether oxygens (including phenoxy) is 1. The van der Waals surface area contributed by atoms with Gasteiger partial charge in [0.2, 0.25) is 0 Å². The summed E-state index contributed by atoms with van der Waals surface area (Å²) in [6.45, 7) is 5.98. The first kappa shape index (κ1) is 19.5. The Kier molecular flexibility index (Phi) is 6.03. The fraction of sp³-hybridized carbons (Fsp3) is 0.520. The first-order valence-corrected chi connectivity index (χ1v) is 10.9. The number of hydrogen-bond donors (Lipinski definition) is 1. The van der Waals surface area contributed by atoms with Crippen molar-refractivity contribution in [2.45, 2.75) is 44.6 Å². The minimum absolute atomic E-state index is 0.652. The van der Waals surface area contributed by atoms with E-state index >= 15 is 0 Å². The van der Waals surface area contributed by atoms with Crippen LogP contribution in [0.25, 0.3) is 0 Å². The topological polar surface area (TPSA) is 32.7 Å². The van der Waals surface area contributed by atoms with Gasteiger partial charge in [-0.2, -0.15) is 0 Å². The van der Waals surface area contributed by atoms with Gasteiger partial charge < -0.3 is 14.7 Å². The number of fused-ring (bicyclic) bond motifs is 4. The van der Waals surface area contributed by atoms with Gasteiger partial charge in [0.25, 0.3) is 0 Å². The van der Waals surface area contributed by atoms with Gasteiger partial charge >= 0.3 is 0 Å². The summed E-state index contributed by atoms with van der Waals surface area (Å²) in [5.74, 6) is 2.56. The first-order chi connectivity index (χ1) is 13.7. The Morgan fingerprint density at radius 2 is 1.46 bits per heavy atom. The Labute approximate surface area is 169 Å². The van der Waals surface area contributed by atoms with E-state index in [1.54, 1.807) is 0 Å². The smallest absolute Gasteiger partial charge is 0.119 e. The molecule has 1 atom stereocenters. The lowest BCUT2D eigenvalue weighted by molar-refractivity contribution is 0.0558. The van der Waals surface area contributed by atoms with Crippen LogP contribution in [0, 0.1) is 11.8 Å².